The Balaban J connectivity index is 2.28. The summed E-state index contributed by atoms with van der Waals surface area (Å²) < 4.78 is 76.2. The van der Waals surface area contributed by atoms with Crippen molar-refractivity contribution in [3.63, 3.8) is 0 Å². The molecule has 1 aromatic rings. The first-order valence-electron chi connectivity index (χ1n) is 7.52. The molecule has 1 atom stereocenters. The summed E-state index contributed by atoms with van der Waals surface area (Å²) in [5.74, 6) is 0. The summed E-state index contributed by atoms with van der Waals surface area (Å²) >= 11 is -0.270. The van der Waals surface area contributed by atoms with Crippen LogP contribution >= 0.6 is 11.8 Å². The average Bonchev–Trinajstić information content (AvgIpc) is 2.47. The minimum absolute atomic E-state index is 0.0318. The van der Waals surface area contributed by atoms with Crippen LogP contribution in [0.4, 0.5) is 26.3 Å². The van der Waals surface area contributed by atoms with Gasteiger partial charge in [0.1, 0.15) is 0 Å². The molecule has 1 aromatic carbocycles. The van der Waals surface area contributed by atoms with Gasteiger partial charge in [-0.1, -0.05) is 18.2 Å². The maximum atomic E-state index is 12.8. The van der Waals surface area contributed by atoms with Crippen LogP contribution < -0.4 is 5.32 Å². The SMILES string of the molecule is FC(F)(F)CC[C@H](c1ccccc1SC(F)(F)F)N1CCNCC1. The Morgan fingerprint density at radius 2 is 1.67 bits per heavy atom. The van der Waals surface area contributed by atoms with Gasteiger partial charge in [0.2, 0.25) is 0 Å². The largest absolute Gasteiger partial charge is 0.446 e. The van der Waals surface area contributed by atoms with Crippen molar-refractivity contribution in [3.8, 4) is 0 Å². The molecule has 9 heteroatoms. The van der Waals surface area contributed by atoms with Gasteiger partial charge >= 0.3 is 11.7 Å². The number of rotatable bonds is 5. The highest BCUT2D eigenvalue weighted by atomic mass is 32.2. The lowest BCUT2D eigenvalue weighted by Gasteiger charge is -2.36. The van der Waals surface area contributed by atoms with Crippen molar-refractivity contribution in [3.05, 3.63) is 29.8 Å². The van der Waals surface area contributed by atoms with Crippen LogP contribution in [0.5, 0.6) is 0 Å². The number of nitrogens with one attached hydrogen (secondary N) is 1. The first-order chi connectivity index (χ1) is 11.2. The number of piperazine rings is 1. The third-order valence-electron chi connectivity index (χ3n) is 3.80. The topological polar surface area (TPSA) is 15.3 Å². The Morgan fingerprint density at radius 3 is 2.25 bits per heavy atom. The van der Waals surface area contributed by atoms with Crippen LogP contribution in [0.15, 0.2) is 29.2 Å². The normalized spacial score (nSPS) is 18.6. The predicted molar refractivity (Wildman–Crippen MR) is 80.8 cm³/mol. The van der Waals surface area contributed by atoms with E-state index in [1.807, 2.05) is 4.90 Å². The third kappa shape index (κ3) is 6.18. The zero-order valence-electron chi connectivity index (χ0n) is 12.8. The summed E-state index contributed by atoms with van der Waals surface area (Å²) in [6, 6.07) is 5.17. The Morgan fingerprint density at radius 1 is 1.04 bits per heavy atom. The number of thioether (sulfide) groups is 1. The lowest BCUT2D eigenvalue weighted by Crippen LogP contribution is -2.45. The third-order valence-corrected chi connectivity index (χ3v) is 4.62. The zero-order valence-corrected chi connectivity index (χ0v) is 13.6. The van der Waals surface area contributed by atoms with Gasteiger partial charge in [0.25, 0.3) is 0 Å². The minimum Gasteiger partial charge on any atom is -0.314 e. The molecular weight excluding hydrogens is 354 g/mol. The molecule has 0 aromatic heterocycles. The van der Waals surface area contributed by atoms with Crippen LogP contribution in [0.1, 0.15) is 24.4 Å². The maximum absolute atomic E-state index is 12.8. The zero-order chi connectivity index (χ0) is 17.8. The number of hydrogen-bond donors (Lipinski definition) is 1. The Labute approximate surface area is 140 Å². The van der Waals surface area contributed by atoms with Crippen LogP contribution in [0.25, 0.3) is 0 Å². The summed E-state index contributed by atoms with van der Waals surface area (Å²) in [6.45, 7) is 2.23. The van der Waals surface area contributed by atoms with Gasteiger partial charge in [-0.2, -0.15) is 26.3 Å². The molecular formula is C15H18F6N2S. The fourth-order valence-electron chi connectivity index (χ4n) is 2.80. The molecule has 0 unspecified atom stereocenters. The molecule has 0 radical (unpaired) electrons. The Hall–Kier alpha value is -0.930. The van der Waals surface area contributed by atoms with E-state index in [1.165, 1.54) is 18.2 Å². The first kappa shape index (κ1) is 19.4. The van der Waals surface area contributed by atoms with Crippen molar-refractivity contribution in [1.82, 2.24) is 10.2 Å². The van der Waals surface area contributed by atoms with Crippen LogP contribution in [-0.4, -0.2) is 42.8 Å². The van der Waals surface area contributed by atoms with Crippen LogP contribution in [0, 0.1) is 0 Å². The molecule has 2 nitrogen and oxygen atoms in total. The summed E-state index contributed by atoms with van der Waals surface area (Å²) in [6.07, 6.45) is -5.61. The van der Waals surface area contributed by atoms with Crippen molar-refractivity contribution in [2.45, 2.75) is 35.5 Å². The fraction of sp³-hybridized carbons (Fsp3) is 0.600. The first-order valence-corrected chi connectivity index (χ1v) is 8.33. The highest BCUT2D eigenvalue weighted by Crippen LogP contribution is 2.42. The predicted octanol–water partition coefficient (Wildman–Crippen LogP) is 4.59. The second-order valence-electron chi connectivity index (χ2n) is 5.54. The molecule has 0 spiro atoms. The lowest BCUT2D eigenvalue weighted by molar-refractivity contribution is -0.138. The monoisotopic (exact) mass is 372 g/mol. The fourth-order valence-corrected chi connectivity index (χ4v) is 3.52. The van der Waals surface area contributed by atoms with Crippen molar-refractivity contribution in [2.24, 2.45) is 0 Å². The Kier molecular flexibility index (Phi) is 6.44. The van der Waals surface area contributed by atoms with E-state index in [0.717, 1.165) is 0 Å². The smallest absolute Gasteiger partial charge is 0.314 e. The summed E-state index contributed by atoms with van der Waals surface area (Å²) in [4.78, 5) is 1.80. The molecule has 1 N–H and O–H groups in total. The number of alkyl halides is 6. The molecule has 1 aliphatic heterocycles. The highest BCUT2D eigenvalue weighted by Gasteiger charge is 2.35. The van der Waals surface area contributed by atoms with Gasteiger partial charge in [-0.05, 0) is 29.8 Å². The number of hydrogen-bond acceptors (Lipinski definition) is 3. The molecule has 0 saturated carbocycles. The van der Waals surface area contributed by atoms with E-state index in [9.17, 15) is 26.3 Å². The molecule has 136 valence electrons. The standard InChI is InChI=1S/C15H18F6N2S/c16-14(17,18)6-5-12(23-9-7-22-8-10-23)11-3-1-2-4-13(11)24-15(19,20)21/h1-4,12,22H,5-10H2/t12-/m1/s1. The van der Waals surface area contributed by atoms with E-state index < -0.39 is 24.1 Å². The van der Waals surface area contributed by atoms with Crippen molar-refractivity contribution in [1.29, 1.82) is 0 Å². The van der Waals surface area contributed by atoms with E-state index in [2.05, 4.69) is 5.32 Å². The molecule has 1 fully saturated rings. The Bertz CT molecular complexity index is 525. The number of benzene rings is 1. The van der Waals surface area contributed by atoms with Gasteiger partial charge in [-0.3, -0.25) is 4.90 Å². The van der Waals surface area contributed by atoms with E-state index in [-0.39, 0.29) is 23.1 Å². The van der Waals surface area contributed by atoms with Crippen LogP contribution in [0.3, 0.4) is 0 Å². The molecule has 0 aliphatic carbocycles. The summed E-state index contributed by atoms with van der Waals surface area (Å²) in [5.41, 5.74) is -4.17. The maximum Gasteiger partial charge on any atom is 0.446 e. The molecule has 24 heavy (non-hydrogen) atoms. The molecule has 2 rings (SSSR count). The van der Waals surface area contributed by atoms with E-state index in [4.69, 9.17) is 0 Å². The molecule has 0 bridgehead atoms. The van der Waals surface area contributed by atoms with Gasteiger partial charge in [-0.25, -0.2) is 0 Å². The van der Waals surface area contributed by atoms with Crippen molar-refractivity contribution in [2.75, 3.05) is 26.2 Å². The second-order valence-corrected chi connectivity index (χ2v) is 6.65. The lowest BCUT2D eigenvalue weighted by atomic mass is 9.99. The number of halogens is 6. The van der Waals surface area contributed by atoms with E-state index >= 15 is 0 Å². The molecule has 1 aliphatic rings. The van der Waals surface area contributed by atoms with Gasteiger partial charge in [0, 0.05) is 43.5 Å². The summed E-state index contributed by atoms with van der Waals surface area (Å²) in [7, 11) is 0. The van der Waals surface area contributed by atoms with Gasteiger partial charge < -0.3 is 5.32 Å². The van der Waals surface area contributed by atoms with Gasteiger partial charge in [-0.15, -0.1) is 0 Å². The highest BCUT2D eigenvalue weighted by molar-refractivity contribution is 8.00. The molecule has 0 amide bonds. The number of nitrogens with zero attached hydrogens (tertiary/aromatic N) is 1. The molecule has 1 saturated heterocycles. The van der Waals surface area contributed by atoms with Crippen LogP contribution in [-0.2, 0) is 0 Å². The van der Waals surface area contributed by atoms with Crippen molar-refractivity contribution >= 4 is 11.8 Å². The summed E-state index contributed by atoms with van der Waals surface area (Å²) in [5, 5.41) is 3.10. The van der Waals surface area contributed by atoms with E-state index in [1.54, 1.807) is 6.07 Å². The van der Waals surface area contributed by atoms with Gasteiger partial charge in [0.05, 0.1) is 0 Å². The quantitative estimate of drug-likeness (QED) is 0.601. The second kappa shape index (κ2) is 7.97. The van der Waals surface area contributed by atoms with Crippen LogP contribution in [0.2, 0.25) is 0 Å². The van der Waals surface area contributed by atoms with E-state index in [0.29, 0.717) is 31.7 Å². The average molecular weight is 372 g/mol. The minimum atomic E-state index is -4.48. The van der Waals surface area contributed by atoms with Crippen molar-refractivity contribution < 1.29 is 26.3 Å². The van der Waals surface area contributed by atoms with Gasteiger partial charge in [0.15, 0.2) is 0 Å². The molecule has 1 heterocycles.